The molecule has 0 spiro atoms. The van der Waals surface area contributed by atoms with Crippen LogP contribution in [0.3, 0.4) is 0 Å². The minimum Gasteiger partial charge on any atom is -0.495 e. The fraction of sp³-hybridized carbons (Fsp3) is 0.267. The van der Waals surface area contributed by atoms with E-state index in [1.807, 2.05) is 24.4 Å². The summed E-state index contributed by atoms with van der Waals surface area (Å²) in [6, 6.07) is 10.1. The van der Waals surface area contributed by atoms with E-state index >= 15 is 0 Å². The van der Waals surface area contributed by atoms with Crippen LogP contribution < -0.4 is 10.1 Å². The highest BCUT2D eigenvalue weighted by atomic mass is 16.5. The zero-order valence-corrected chi connectivity index (χ0v) is 11.0. The first-order chi connectivity index (χ1) is 8.70. The molecule has 1 aromatic carbocycles. The minimum absolute atomic E-state index is 0.701. The number of methoxy groups -OCH3 is 1. The molecule has 0 fully saturated rings. The number of nitrogens with one attached hydrogen (secondary N) is 1. The molecule has 0 aliphatic heterocycles. The highest BCUT2D eigenvalue weighted by Crippen LogP contribution is 2.25. The van der Waals surface area contributed by atoms with Crippen LogP contribution in [0.15, 0.2) is 36.5 Å². The number of ether oxygens (including phenoxy) is 1. The van der Waals surface area contributed by atoms with Gasteiger partial charge in [-0.15, -0.1) is 0 Å². The van der Waals surface area contributed by atoms with E-state index in [0.29, 0.717) is 6.54 Å². The van der Waals surface area contributed by atoms with Gasteiger partial charge in [0.15, 0.2) is 0 Å². The Balaban J connectivity index is 2.15. The molecule has 1 aromatic heterocycles. The van der Waals surface area contributed by atoms with Crippen LogP contribution in [0.25, 0.3) is 0 Å². The molecule has 2 rings (SSSR count). The second-order valence-corrected chi connectivity index (χ2v) is 4.32. The minimum atomic E-state index is 0.701. The Hall–Kier alpha value is -2.03. The van der Waals surface area contributed by atoms with E-state index in [4.69, 9.17) is 4.74 Å². The molecule has 0 aliphatic rings. The van der Waals surface area contributed by atoms with Gasteiger partial charge in [-0.05, 0) is 43.2 Å². The Labute approximate surface area is 108 Å². The van der Waals surface area contributed by atoms with Crippen molar-refractivity contribution in [2.75, 3.05) is 12.4 Å². The molecule has 0 amide bonds. The van der Waals surface area contributed by atoms with Crippen LogP contribution in [0, 0.1) is 13.8 Å². The van der Waals surface area contributed by atoms with Crippen LogP contribution in [-0.2, 0) is 6.54 Å². The van der Waals surface area contributed by atoms with E-state index in [1.165, 1.54) is 11.1 Å². The van der Waals surface area contributed by atoms with E-state index in [0.717, 1.165) is 17.1 Å². The Morgan fingerprint density at radius 1 is 1.22 bits per heavy atom. The number of rotatable bonds is 4. The summed E-state index contributed by atoms with van der Waals surface area (Å²) in [6.07, 6.45) is 1.82. The number of benzene rings is 1. The predicted octanol–water partition coefficient (Wildman–Crippen LogP) is 3.32. The van der Waals surface area contributed by atoms with Gasteiger partial charge < -0.3 is 10.1 Å². The van der Waals surface area contributed by atoms with Gasteiger partial charge in [0.05, 0.1) is 25.0 Å². The summed E-state index contributed by atoms with van der Waals surface area (Å²) in [6.45, 7) is 4.83. The number of hydrogen-bond acceptors (Lipinski definition) is 3. The molecule has 0 saturated heterocycles. The molecule has 0 aliphatic carbocycles. The maximum absolute atomic E-state index is 5.34. The third-order valence-electron chi connectivity index (χ3n) is 2.92. The molecule has 94 valence electrons. The van der Waals surface area contributed by atoms with Crippen LogP contribution in [0.1, 0.15) is 16.8 Å². The SMILES string of the molecule is COc1ccc(C)cc1NCc1ncccc1C. The van der Waals surface area contributed by atoms with Gasteiger partial charge in [-0.25, -0.2) is 0 Å². The van der Waals surface area contributed by atoms with Crippen LogP contribution in [0.5, 0.6) is 5.75 Å². The highest BCUT2D eigenvalue weighted by Gasteiger charge is 2.04. The second kappa shape index (κ2) is 5.54. The summed E-state index contributed by atoms with van der Waals surface area (Å²) in [7, 11) is 1.68. The lowest BCUT2D eigenvalue weighted by Gasteiger charge is -2.12. The summed E-state index contributed by atoms with van der Waals surface area (Å²) in [5, 5.41) is 3.37. The normalized spacial score (nSPS) is 10.2. The first-order valence-corrected chi connectivity index (χ1v) is 5.99. The van der Waals surface area contributed by atoms with Crippen molar-refractivity contribution in [2.24, 2.45) is 0 Å². The molecule has 1 heterocycles. The van der Waals surface area contributed by atoms with Gasteiger partial charge in [0.25, 0.3) is 0 Å². The molecule has 0 bridgehead atoms. The molecule has 3 heteroatoms. The largest absolute Gasteiger partial charge is 0.495 e. The monoisotopic (exact) mass is 242 g/mol. The summed E-state index contributed by atoms with van der Waals surface area (Å²) in [5.41, 5.74) is 4.45. The van der Waals surface area contributed by atoms with Gasteiger partial charge in [-0.1, -0.05) is 12.1 Å². The lowest BCUT2D eigenvalue weighted by molar-refractivity contribution is 0.416. The van der Waals surface area contributed by atoms with Gasteiger partial charge in [-0.2, -0.15) is 0 Å². The topological polar surface area (TPSA) is 34.1 Å². The third kappa shape index (κ3) is 2.80. The molecule has 1 N–H and O–H groups in total. The average molecular weight is 242 g/mol. The van der Waals surface area contributed by atoms with Gasteiger partial charge in [0, 0.05) is 6.20 Å². The van der Waals surface area contributed by atoms with E-state index < -0.39 is 0 Å². The van der Waals surface area contributed by atoms with Crippen molar-refractivity contribution in [1.29, 1.82) is 0 Å². The zero-order valence-electron chi connectivity index (χ0n) is 11.0. The van der Waals surface area contributed by atoms with Gasteiger partial charge >= 0.3 is 0 Å². The summed E-state index contributed by atoms with van der Waals surface area (Å²) < 4.78 is 5.34. The van der Waals surface area contributed by atoms with Crippen molar-refractivity contribution < 1.29 is 4.74 Å². The number of aromatic nitrogens is 1. The molecular formula is C15H18N2O. The van der Waals surface area contributed by atoms with Gasteiger partial charge in [0.2, 0.25) is 0 Å². The third-order valence-corrected chi connectivity index (χ3v) is 2.92. The molecule has 3 nitrogen and oxygen atoms in total. The summed E-state index contributed by atoms with van der Waals surface area (Å²) in [5.74, 6) is 0.856. The molecule has 0 saturated carbocycles. The van der Waals surface area contributed by atoms with Crippen LogP contribution >= 0.6 is 0 Å². The van der Waals surface area contributed by atoms with Crippen molar-refractivity contribution in [3.8, 4) is 5.75 Å². The van der Waals surface area contributed by atoms with E-state index in [9.17, 15) is 0 Å². The smallest absolute Gasteiger partial charge is 0.141 e. The molecular weight excluding hydrogens is 224 g/mol. The molecule has 0 radical (unpaired) electrons. The Morgan fingerprint density at radius 2 is 2.06 bits per heavy atom. The van der Waals surface area contributed by atoms with Crippen LogP contribution in [0.4, 0.5) is 5.69 Å². The Morgan fingerprint density at radius 3 is 2.78 bits per heavy atom. The molecule has 0 unspecified atom stereocenters. The number of nitrogens with zero attached hydrogens (tertiary/aromatic N) is 1. The zero-order chi connectivity index (χ0) is 13.0. The van der Waals surface area contributed by atoms with Crippen molar-refractivity contribution >= 4 is 5.69 Å². The Kier molecular flexibility index (Phi) is 3.82. The number of anilines is 1. The fourth-order valence-electron chi connectivity index (χ4n) is 1.84. The number of pyridine rings is 1. The first-order valence-electron chi connectivity index (χ1n) is 5.99. The average Bonchev–Trinajstić information content (AvgIpc) is 2.38. The molecule has 18 heavy (non-hydrogen) atoms. The number of aryl methyl sites for hydroxylation is 2. The second-order valence-electron chi connectivity index (χ2n) is 4.32. The maximum Gasteiger partial charge on any atom is 0.141 e. The summed E-state index contributed by atoms with van der Waals surface area (Å²) >= 11 is 0. The van der Waals surface area contributed by atoms with E-state index in [1.54, 1.807) is 7.11 Å². The Bertz CT molecular complexity index is 538. The maximum atomic E-state index is 5.34. The van der Waals surface area contributed by atoms with Crippen molar-refractivity contribution in [2.45, 2.75) is 20.4 Å². The lowest BCUT2D eigenvalue weighted by Crippen LogP contribution is -2.04. The van der Waals surface area contributed by atoms with Gasteiger partial charge in [-0.3, -0.25) is 4.98 Å². The standard InChI is InChI=1S/C15H18N2O/c1-11-6-7-15(18-3)13(9-11)17-10-14-12(2)5-4-8-16-14/h4-9,17H,10H2,1-3H3. The highest BCUT2D eigenvalue weighted by molar-refractivity contribution is 5.58. The first kappa shape index (κ1) is 12.4. The van der Waals surface area contributed by atoms with Crippen LogP contribution in [0.2, 0.25) is 0 Å². The van der Waals surface area contributed by atoms with Crippen molar-refractivity contribution in [1.82, 2.24) is 4.98 Å². The fourth-order valence-corrected chi connectivity index (χ4v) is 1.84. The van der Waals surface area contributed by atoms with E-state index in [-0.39, 0.29) is 0 Å². The van der Waals surface area contributed by atoms with Crippen LogP contribution in [-0.4, -0.2) is 12.1 Å². The van der Waals surface area contributed by atoms with Crippen molar-refractivity contribution in [3.63, 3.8) is 0 Å². The van der Waals surface area contributed by atoms with Crippen molar-refractivity contribution in [3.05, 3.63) is 53.3 Å². The quantitative estimate of drug-likeness (QED) is 0.893. The van der Waals surface area contributed by atoms with Gasteiger partial charge in [0.1, 0.15) is 5.75 Å². The predicted molar refractivity (Wildman–Crippen MR) is 74.0 cm³/mol. The van der Waals surface area contributed by atoms with E-state index in [2.05, 4.69) is 36.3 Å². The molecule has 0 atom stereocenters. The number of hydrogen-bond donors (Lipinski definition) is 1. The molecule has 2 aromatic rings. The lowest BCUT2D eigenvalue weighted by atomic mass is 10.2. The summed E-state index contributed by atoms with van der Waals surface area (Å²) in [4.78, 5) is 4.37.